The molecule has 1 fully saturated rings. The van der Waals surface area contributed by atoms with Crippen molar-refractivity contribution in [3.8, 4) is 0 Å². The maximum atomic E-state index is 11.5. The highest BCUT2D eigenvalue weighted by atomic mass is 16.5. The third-order valence-electron chi connectivity index (χ3n) is 3.58. The summed E-state index contributed by atoms with van der Waals surface area (Å²) in [5.41, 5.74) is 0.248. The standard InChI is InChI=1S/C13H20N2O3/c1-4-17-12(16)11-8-18-13(14-11)15-6-5-9(2)10(3)7-15/h8-10H,4-7H2,1-3H3. The summed E-state index contributed by atoms with van der Waals surface area (Å²) < 4.78 is 10.3. The van der Waals surface area contributed by atoms with E-state index in [9.17, 15) is 4.79 Å². The maximum absolute atomic E-state index is 11.5. The van der Waals surface area contributed by atoms with Gasteiger partial charge in [-0.15, -0.1) is 0 Å². The summed E-state index contributed by atoms with van der Waals surface area (Å²) >= 11 is 0. The first-order valence-corrected chi connectivity index (χ1v) is 6.49. The van der Waals surface area contributed by atoms with Crippen LogP contribution in [0.5, 0.6) is 0 Å². The van der Waals surface area contributed by atoms with Gasteiger partial charge in [-0.3, -0.25) is 0 Å². The fourth-order valence-corrected chi connectivity index (χ4v) is 2.14. The quantitative estimate of drug-likeness (QED) is 0.773. The molecule has 1 aromatic rings. The second-order valence-corrected chi connectivity index (χ2v) is 4.93. The molecular weight excluding hydrogens is 232 g/mol. The lowest BCUT2D eigenvalue weighted by atomic mass is 9.89. The van der Waals surface area contributed by atoms with Crippen LogP contribution in [0.2, 0.25) is 0 Å². The maximum Gasteiger partial charge on any atom is 0.360 e. The average Bonchev–Trinajstić information content (AvgIpc) is 2.82. The van der Waals surface area contributed by atoms with Gasteiger partial charge in [0.25, 0.3) is 6.01 Å². The van der Waals surface area contributed by atoms with Crippen LogP contribution in [0.15, 0.2) is 10.7 Å². The van der Waals surface area contributed by atoms with E-state index in [1.54, 1.807) is 6.92 Å². The average molecular weight is 252 g/mol. The molecule has 1 aliphatic rings. The molecule has 0 aliphatic carbocycles. The van der Waals surface area contributed by atoms with Crippen LogP contribution in [0, 0.1) is 11.8 Å². The molecule has 0 spiro atoms. The Hall–Kier alpha value is -1.52. The van der Waals surface area contributed by atoms with E-state index < -0.39 is 5.97 Å². The molecule has 0 saturated carbocycles. The largest absolute Gasteiger partial charge is 0.461 e. The summed E-state index contributed by atoms with van der Waals surface area (Å²) in [4.78, 5) is 17.8. The van der Waals surface area contributed by atoms with Gasteiger partial charge in [0.15, 0.2) is 5.69 Å². The molecule has 1 aromatic heterocycles. The van der Waals surface area contributed by atoms with Gasteiger partial charge in [-0.1, -0.05) is 13.8 Å². The number of ether oxygens (including phenoxy) is 1. The van der Waals surface area contributed by atoms with Gasteiger partial charge in [0, 0.05) is 13.1 Å². The van der Waals surface area contributed by atoms with Crippen LogP contribution in [0.25, 0.3) is 0 Å². The van der Waals surface area contributed by atoms with Crippen molar-refractivity contribution < 1.29 is 13.9 Å². The molecule has 2 atom stereocenters. The Kier molecular flexibility index (Phi) is 3.89. The van der Waals surface area contributed by atoms with Crippen molar-refractivity contribution in [2.24, 2.45) is 11.8 Å². The SMILES string of the molecule is CCOC(=O)c1coc(N2CCC(C)C(C)C2)n1. The van der Waals surface area contributed by atoms with Gasteiger partial charge >= 0.3 is 5.97 Å². The predicted octanol–water partition coefficient (Wildman–Crippen LogP) is 2.33. The van der Waals surface area contributed by atoms with Crippen LogP contribution in [-0.4, -0.2) is 30.6 Å². The van der Waals surface area contributed by atoms with Crippen molar-refractivity contribution in [2.75, 3.05) is 24.6 Å². The van der Waals surface area contributed by atoms with Gasteiger partial charge < -0.3 is 14.1 Å². The minimum absolute atomic E-state index is 0.248. The normalized spacial score (nSPS) is 24.1. The van der Waals surface area contributed by atoms with Crippen molar-refractivity contribution in [1.29, 1.82) is 0 Å². The molecule has 0 N–H and O–H groups in total. The molecule has 18 heavy (non-hydrogen) atoms. The Labute approximate surface area is 107 Å². The van der Waals surface area contributed by atoms with Gasteiger partial charge in [-0.2, -0.15) is 4.98 Å². The molecule has 5 nitrogen and oxygen atoms in total. The van der Waals surface area contributed by atoms with E-state index in [1.807, 2.05) is 0 Å². The highest BCUT2D eigenvalue weighted by Crippen LogP contribution is 2.26. The molecule has 0 bridgehead atoms. The van der Waals surface area contributed by atoms with Crippen molar-refractivity contribution in [3.63, 3.8) is 0 Å². The van der Waals surface area contributed by atoms with Crippen LogP contribution in [0.1, 0.15) is 37.7 Å². The smallest absolute Gasteiger partial charge is 0.360 e. The van der Waals surface area contributed by atoms with E-state index in [0.29, 0.717) is 18.5 Å². The van der Waals surface area contributed by atoms with Crippen LogP contribution in [0.3, 0.4) is 0 Å². The molecule has 0 amide bonds. The zero-order valence-corrected chi connectivity index (χ0v) is 11.2. The summed E-state index contributed by atoms with van der Waals surface area (Å²) in [5.74, 6) is 0.906. The zero-order valence-electron chi connectivity index (χ0n) is 11.2. The number of anilines is 1. The summed E-state index contributed by atoms with van der Waals surface area (Å²) in [6, 6.07) is 0.525. The van der Waals surface area contributed by atoms with E-state index in [1.165, 1.54) is 6.26 Å². The number of esters is 1. The van der Waals surface area contributed by atoms with E-state index in [4.69, 9.17) is 9.15 Å². The number of hydrogen-bond acceptors (Lipinski definition) is 5. The number of oxazole rings is 1. The Balaban J connectivity index is 2.04. The highest BCUT2D eigenvalue weighted by Gasteiger charge is 2.26. The van der Waals surface area contributed by atoms with Crippen molar-refractivity contribution in [1.82, 2.24) is 4.98 Å². The van der Waals surface area contributed by atoms with E-state index in [-0.39, 0.29) is 5.69 Å². The molecule has 1 saturated heterocycles. The summed E-state index contributed by atoms with van der Waals surface area (Å²) in [6.07, 6.45) is 2.49. The molecule has 1 aliphatic heterocycles. The zero-order chi connectivity index (χ0) is 13.1. The Morgan fingerprint density at radius 2 is 2.33 bits per heavy atom. The van der Waals surface area contributed by atoms with Gasteiger partial charge in [0.2, 0.25) is 0 Å². The lowest BCUT2D eigenvalue weighted by molar-refractivity contribution is 0.0519. The van der Waals surface area contributed by atoms with Gasteiger partial charge in [0.1, 0.15) is 6.26 Å². The Bertz CT molecular complexity index is 416. The van der Waals surface area contributed by atoms with Crippen LogP contribution in [-0.2, 0) is 4.74 Å². The number of hydrogen-bond donors (Lipinski definition) is 0. The van der Waals surface area contributed by atoms with Gasteiger partial charge in [-0.05, 0) is 25.2 Å². The molecule has 2 unspecified atom stereocenters. The second-order valence-electron chi connectivity index (χ2n) is 4.93. The van der Waals surface area contributed by atoms with Crippen molar-refractivity contribution in [2.45, 2.75) is 27.2 Å². The fourth-order valence-electron chi connectivity index (χ4n) is 2.14. The molecule has 0 radical (unpaired) electrons. The predicted molar refractivity (Wildman–Crippen MR) is 67.6 cm³/mol. The number of carbonyl (C=O) groups is 1. The number of nitrogens with zero attached hydrogens (tertiary/aromatic N) is 2. The monoisotopic (exact) mass is 252 g/mol. The second kappa shape index (κ2) is 5.42. The molecule has 2 heterocycles. The molecule has 0 aromatic carbocycles. The van der Waals surface area contributed by atoms with Gasteiger partial charge in [0.05, 0.1) is 6.61 Å². The first-order valence-electron chi connectivity index (χ1n) is 6.49. The Morgan fingerprint density at radius 3 is 3.00 bits per heavy atom. The minimum atomic E-state index is -0.425. The number of piperidine rings is 1. The first kappa shape index (κ1) is 12.9. The van der Waals surface area contributed by atoms with Crippen molar-refractivity contribution in [3.05, 3.63) is 12.0 Å². The van der Waals surface area contributed by atoms with Crippen LogP contribution < -0.4 is 4.90 Å². The Morgan fingerprint density at radius 1 is 1.56 bits per heavy atom. The first-order chi connectivity index (χ1) is 8.61. The topological polar surface area (TPSA) is 55.6 Å². The third-order valence-corrected chi connectivity index (χ3v) is 3.58. The fraction of sp³-hybridized carbons (Fsp3) is 0.692. The molecule has 5 heteroatoms. The molecule has 2 rings (SSSR count). The summed E-state index contributed by atoms with van der Waals surface area (Å²) in [5, 5.41) is 0. The summed E-state index contributed by atoms with van der Waals surface area (Å²) in [7, 11) is 0. The van der Waals surface area contributed by atoms with E-state index in [2.05, 4.69) is 23.7 Å². The molecule has 100 valence electrons. The highest BCUT2D eigenvalue weighted by molar-refractivity contribution is 5.87. The summed E-state index contributed by atoms with van der Waals surface area (Å²) in [6.45, 7) is 8.46. The number of rotatable bonds is 3. The lowest BCUT2D eigenvalue weighted by Gasteiger charge is -2.34. The number of carbonyl (C=O) groups excluding carboxylic acids is 1. The number of aromatic nitrogens is 1. The van der Waals surface area contributed by atoms with Gasteiger partial charge in [-0.25, -0.2) is 4.79 Å². The van der Waals surface area contributed by atoms with Crippen LogP contribution in [0.4, 0.5) is 6.01 Å². The third kappa shape index (κ3) is 2.66. The van der Waals surface area contributed by atoms with Crippen molar-refractivity contribution >= 4 is 12.0 Å². The van der Waals surface area contributed by atoms with E-state index >= 15 is 0 Å². The lowest BCUT2D eigenvalue weighted by Crippen LogP contribution is -2.38. The van der Waals surface area contributed by atoms with E-state index in [0.717, 1.165) is 25.4 Å². The van der Waals surface area contributed by atoms with Crippen LogP contribution >= 0.6 is 0 Å². The molecular formula is C13H20N2O3. The minimum Gasteiger partial charge on any atom is -0.461 e.